The van der Waals surface area contributed by atoms with Crippen LogP contribution in [-0.2, 0) is 13.0 Å². The average Bonchev–Trinajstić information content (AvgIpc) is 2.75. The van der Waals surface area contributed by atoms with Crippen molar-refractivity contribution in [2.45, 2.75) is 26.8 Å². The number of hydrogen-bond acceptors (Lipinski definition) is 3. The number of aryl methyl sites for hydroxylation is 2. The molecule has 0 saturated carbocycles. The molecule has 0 aliphatic heterocycles. The number of anilines is 1. The van der Waals surface area contributed by atoms with Crippen LogP contribution in [0.25, 0.3) is 11.2 Å². The van der Waals surface area contributed by atoms with E-state index in [1.165, 1.54) is 11.1 Å². The maximum atomic E-state index is 6.05. The molecule has 2 heterocycles. The van der Waals surface area contributed by atoms with Crippen molar-refractivity contribution in [3.8, 4) is 0 Å². The summed E-state index contributed by atoms with van der Waals surface area (Å²) in [6.07, 6.45) is 2.86. The quantitative estimate of drug-likeness (QED) is 0.793. The van der Waals surface area contributed by atoms with Gasteiger partial charge in [-0.2, -0.15) is 0 Å². The van der Waals surface area contributed by atoms with Gasteiger partial charge in [0, 0.05) is 6.20 Å². The van der Waals surface area contributed by atoms with Crippen LogP contribution in [0.5, 0.6) is 0 Å². The Labute approximate surface area is 118 Å². The second-order valence-corrected chi connectivity index (χ2v) is 5.03. The third kappa shape index (κ3) is 2.13. The van der Waals surface area contributed by atoms with E-state index < -0.39 is 0 Å². The summed E-state index contributed by atoms with van der Waals surface area (Å²) in [7, 11) is 0. The van der Waals surface area contributed by atoms with Crippen LogP contribution in [0.1, 0.15) is 23.6 Å². The van der Waals surface area contributed by atoms with Crippen molar-refractivity contribution in [3.63, 3.8) is 0 Å². The summed E-state index contributed by atoms with van der Waals surface area (Å²) in [5.74, 6) is 0.518. The summed E-state index contributed by atoms with van der Waals surface area (Å²) in [4.78, 5) is 8.88. The van der Waals surface area contributed by atoms with E-state index in [0.717, 1.165) is 23.1 Å². The van der Waals surface area contributed by atoms with E-state index >= 15 is 0 Å². The summed E-state index contributed by atoms with van der Waals surface area (Å²) in [5, 5.41) is 0. The first kappa shape index (κ1) is 12.7. The summed E-state index contributed by atoms with van der Waals surface area (Å²) in [6.45, 7) is 4.88. The van der Waals surface area contributed by atoms with Crippen LogP contribution in [0, 0.1) is 6.92 Å². The van der Waals surface area contributed by atoms with Gasteiger partial charge in [0.25, 0.3) is 0 Å². The van der Waals surface area contributed by atoms with Crippen LogP contribution < -0.4 is 5.73 Å². The van der Waals surface area contributed by atoms with Gasteiger partial charge in [0.15, 0.2) is 5.65 Å². The first-order valence-electron chi connectivity index (χ1n) is 6.84. The molecule has 4 nitrogen and oxygen atoms in total. The molecule has 2 N–H and O–H groups in total. The number of rotatable bonds is 3. The number of imidazole rings is 1. The maximum absolute atomic E-state index is 6.05. The molecule has 102 valence electrons. The van der Waals surface area contributed by atoms with Gasteiger partial charge in [0.1, 0.15) is 5.52 Å². The number of benzene rings is 1. The Balaban J connectivity index is 2.08. The number of fused-ring (bicyclic) bond motifs is 1. The first-order valence-corrected chi connectivity index (χ1v) is 6.84. The normalized spacial score (nSPS) is 11.1. The second kappa shape index (κ2) is 4.96. The lowest BCUT2D eigenvalue weighted by Crippen LogP contribution is -2.07. The van der Waals surface area contributed by atoms with Gasteiger partial charge in [-0.15, -0.1) is 0 Å². The van der Waals surface area contributed by atoms with E-state index in [4.69, 9.17) is 5.73 Å². The maximum Gasteiger partial charge on any atom is 0.202 e. The summed E-state index contributed by atoms with van der Waals surface area (Å²) < 4.78 is 1.98. The lowest BCUT2D eigenvalue weighted by molar-refractivity contribution is 0.815. The molecule has 3 rings (SSSR count). The fourth-order valence-corrected chi connectivity index (χ4v) is 2.51. The summed E-state index contributed by atoms with van der Waals surface area (Å²) in [6, 6.07) is 10.4. The highest BCUT2D eigenvalue weighted by Crippen LogP contribution is 2.20. The molecule has 4 heteroatoms. The zero-order valence-electron chi connectivity index (χ0n) is 11.8. The first-order chi connectivity index (χ1) is 9.69. The van der Waals surface area contributed by atoms with E-state index in [2.05, 4.69) is 41.2 Å². The highest BCUT2D eigenvalue weighted by Gasteiger charge is 2.11. The highest BCUT2D eigenvalue weighted by atomic mass is 15.2. The molecular weight excluding hydrogens is 248 g/mol. The average molecular weight is 266 g/mol. The molecule has 0 aliphatic carbocycles. The van der Waals surface area contributed by atoms with Crippen molar-refractivity contribution in [2.75, 3.05) is 5.73 Å². The standard InChI is InChI=1S/C16H18N4/c1-3-12-6-4-5-7-13(12)10-20-15-14(19-16(20)17)8-11(2)9-18-15/h4-9H,3,10H2,1-2H3,(H2,17,19). The molecule has 0 fully saturated rings. The van der Waals surface area contributed by atoms with Gasteiger partial charge in [0.05, 0.1) is 6.54 Å². The van der Waals surface area contributed by atoms with Gasteiger partial charge in [0.2, 0.25) is 5.95 Å². The van der Waals surface area contributed by atoms with Crippen LogP contribution in [0.4, 0.5) is 5.95 Å². The van der Waals surface area contributed by atoms with Crippen molar-refractivity contribution < 1.29 is 0 Å². The van der Waals surface area contributed by atoms with Gasteiger partial charge in [-0.1, -0.05) is 31.2 Å². The minimum Gasteiger partial charge on any atom is -0.369 e. The van der Waals surface area contributed by atoms with E-state index in [-0.39, 0.29) is 0 Å². The molecule has 2 aromatic heterocycles. The van der Waals surface area contributed by atoms with Crippen LogP contribution in [0.2, 0.25) is 0 Å². The molecule has 0 saturated heterocycles. The molecule has 0 atom stereocenters. The fraction of sp³-hybridized carbons (Fsp3) is 0.250. The molecule has 20 heavy (non-hydrogen) atoms. The smallest absolute Gasteiger partial charge is 0.202 e. The molecule has 0 amide bonds. The number of nitrogen functional groups attached to an aromatic ring is 1. The van der Waals surface area contributed by atoms with Gasteiger partial charge >= 0.3 is 0 Å². The molecule has 1 aromatic carbocycles. The highest BCUT2D eigenvalue weighted by molar-refractivity contribution is 5.74. The van der Waals surface area contributed by atoms with Gasteiger partial charge in [-0.05, 0) is 36.1 Å². The van der Waals surface area contributed by atoms with E-state index in [1.54, 1.807) is 0 Å². The number of nitrogens with two attached hydrogens (primary N) is 1. The van der Waals surface area contributed by atoms with Crippen LogP contribution in [0.3, 0.4) is 0 Å². The zero-order valence-corrected chi connectivity index (χ0v) is 11.8. The minimum absolute atomic E-state index is 0.518. The lowest BCUT2D eigenvalue weighted by Gasteiger charge is -2.10. The molecule has 3 aromatic rings. The Kier molecular flexibility index (Phi) is 3.14. The number of hydrogen-bond donors (Lipinski definition) is 1. The predicted octanol–water partition coefficient (Wildman–Crippen LogP) is 2.93. The fourth-order valence-electron chi connectivity index (χ4n) is 2.51. The number of aromatic nitrogens is 3. The van der Waals surface area contributed by atoms with Gasteiger partial charge in [-0.25, -0.2) is 9.97 Å². The zero-order chi connectivity index (χ0) is 14.1. The van der Waals surface area contributed by atoms with Crippen molar-refractivity contribution >= 4 is 17.1 Å². The van der Waals surface area contributed by atoms with Crippen molar-refractivity contribution in [3.05, 3.63) is 53.2 Å². The lowest BCUT2D eigenvalue weighted by atomic mass is 10.1. The topological polar surface area (TPSA) is 56.7 Å². The number of nitrogens with zero attached hydrogens (tertiary/aromatic N) is 3. The SMILES string of the molecule is CCc1ccccc1Cn1c(N)nc2cc(C)cnc21. The molecule has 0 radical (unpaired) electrons. The molecular formula is C16H18N4. The van der Waals surface area contributed by atoms with Crippen molar-refractivity contribution in [2.24, 2.45) is 0 Å². The molecule has 0 spiro atoms. The van der Waals surface area contributed by atoms with Crippen LogP contribution in [-0.4, -0.2) is 14.5 Å². The van der Waals surface area contributed by atoms with E-state index in [1.807, 2.05) is 23.8 Å². The van der Waals surface area contributed by atoms with E-state index in [9.17, 15) is 0 Å². The van der Waals surface area contributed by atoms with Gasteiger partial charge in [-0.3, -0.25) is 4.57 Å². The molecule has 0 unspecified atom stereocenters. The van der Waals surface area contributed by atoms with Crippen molar-refractivity contribution in [1.82, 2.24) is 14.5 Å². The number of pyridine rings is 1. The second-order valence-electron chi connectivity index (χ2n) is 5.03. The summed E-state index contributed by atoms with van der Waals surface area (Å²) in [5.41, 5.74) is 11.5. The van der Waals surface area contributed by atoms with Crippen LogP contribution >= 0.6 is 0 Å². The third-order valence-electron chi connectivity index (χ3n) is 3.58. The largest absolute Gasteiger partial charge is 0.369 e. The Hall–Kier alpha value is -2.36. The Morgan fingerprint density at radius 2 is 1.95 bits per heavy atom. The Morgan fingerprint density at radius 1 is 1.20 bits per heavy atom. The summed E-state index contributed by atoms with van der Waals surface area (Å²) >= 11 is 0. The van der Waals surface area contributed by atoms with E-state index in [0.29, 0.717) is 12.5 Å². The Morgan fingerprint density at radius 3 is 2.70 bits per heavy atom. The molecule has 0 aliphatic rings. The predicted molar refractivity (Wildman–Crippen MR) is 81.6 cm³/mol. The van der Waals surface area contributed by atoms with Crippen molar-refractivity contribution in [1.29, 1.82) is 0 Å². The Bertz CT molecular complexity index is 758. The minimum atomic E-state index is 0.518. The monoisotopic (exact) mass is 266 g/mol. The molecule has 0 bridgehead atoms. The van der Waals surface area contributed by atoms with Gasteiger partial charge < -0.3 is 5.73 Å². The van der Waals surface area contributed by atoms with Crippen LogP contribution in [0.15, 0.2) is 36.5 Å². The third-order valence-corrected chi connectivity index (χ3v) is 3.58.